The van der Waals surface area contributed by atoms with Crippen LogP contribution in [-0.2, 0) is 17.1 Å². The van der Waals surface area contributed by atoms with Crippen molar-refractivity contribution in [2.45, 2.75) is 18.9 Å². The maximum absolute atomic E-state index is 12.3. The summed E-state index contributed by atoms with van der Waals surface area (Å²) >= 11 is 7.31. The minimum Gasteiger partial charge on any atom is -0.493 e. The molecule has 0 bridgehead atoms. The molecule has 0 aliphatic carbocycles. The summed E-state index contributed by atoms with van der Waals surface area (Å²) in [6, 6.07) is 12.0. The molecule has 8 heteroatoms. The van der Waals surface area contributed by atoms with Gasteiger partial charge in [-0.15, -0.1) is 11.8 Å². The van der Waals surface area contributed by atoms with Gasteiger partial charge in [-0.05, 0) is 35.4 Å². The molecular formula is C18H18ClF2NO3S. The van der Waals surface area contributed by atoms with Crippen LogP contribution in [0.25, 0.3) is 0 Å². The van der Waals surface area contributed by atoms with Crippen LogP contribution >= 0.6 is 23.4 Å². The third-order valence-electron chi connectivity index (χ3n) is 3.32. The number of halogens is 3. The molecule has 2 aromatic carbocycles. The molecule has 140 valence electrons. The van der Waals surface area contributed by atoms with E-state index in [1.807, 2.05) is 12.1 Å². The van der Waals surface area contributed by atoms with Gasteiger partial charge in [0.05, 0.1) is 12.9 Å². The fourth-order valence-corrected chi connectivity index (χ4v) is 3.17. The summed E-state index contributed by atoms with van der Waals surface area (Å²) in [6.07, 6.45) is 0. The Labute approximate surface area is 159 Å². The van der Waals surface area contributed by atoms with E-state index in [1.165, 1.54) is 24.9 Å². The highest BCUT2D eigenvalue weighted by Gasteiger charge is 2.11. The second kappa shape index (κ2) is 10.2. The van der Waals surface area contributed by atoms with Crippen LogP contribution in [0.15, 0.2) is 42.5 Å². The maximum Gasteiger partial charge on any atom is 0.387 e. The normalized spacial score (nSPS) is 10.7. The number of hydrogen-bond acceptors (Lipinski definition) is 4. The summed E-state index contributed by atoms with van der Waals surface area (Å²) in [7, 11) is 1.38. The number of nitrogens with one attached hydrogen (secondary N) is 1. The van der Waals surface area contributed by atoms with Crippen LogP contribution in [0.2, 0.25) is 5.02 Å². The number of hydrogen-bond donors (Lipinski definition) is 1. The first-order valence-electron chi connectivity index (χ1n) is 7.68. The molecule has 2 rings (SSSR count). The van der Waals surface area contributed by atoms with Crippen LogP contribution in [0.1, 0.15) is 11.1 Å². The van der Waals surface area contributed by atoms with E-state index in [4.69, 9.17) is 16.3 Å². The summed E-state index contributed by atoms with van der Waals surface area (Å²) in [5.74, 6) is 0.928. The van der Waals surface area contributed by atoms with Crippen LogP contribution in [-0.4, -0.2) is 25.4 Å². The van der Waals surface area contributed by atoms with Gasteiger partial charge in [0, 0.05) is 17.3 Å². The van der Waals surface area contributed by atoms with E-state index in [9.17, 15) is 13.6 Å². The number of rotatable bonds is 9. The average molecular weight is 402 g/mol. The van der Waals surface area contributed by atoms with E-state index >= 15 is 0 Å². The first-order valence-corrected chi connectivity index (χ1v) is 9.22. The number of carbonyl (C=O) groups is 1. The molecule has 0 fully saturated rings. The second-order valence-corrected chi connectivity index (χ2v) is 6.69. The molecule has 2 aromatic rings. The molecule has 0 saturated carbocycles. The third-order valence-corrected chi connectivity index (χ3v) is 4.56. The highest BCUT2D eigenvalue weighted by atomic mass is 35.5. The van der Waals surface area contributed by atoms with Gasteiger partial charge in [-0.2, -0.15) is 8.78 Å². The maximum atomic E-state index is 12.3. The molecule has 0 radical (unpaired) electrons. The third kappa shape index (κ3) is 6.72. The number of carbonyl (C=O) groups excluding carboxylic acids is 1. The first kappa shape index (κ1) is 20.3. The van der Waals surface area contributed by atoms with Crippen molar-refractivity contribution in [3.05, 3.63) is 58.6 Å². The van der Waals surface area contributed by atoms with Crippen LogP contribution in [0, 0.1) is 0 Å². The molecule has 0 heterocycles. The molecule has 1 N–H and O–H groups in total. The molecule has 0 aliphatic heterocycles. The smallest absolute Gasteiger partial charge is 0.387 e. The van der Waals surface area contributed by atoms with Crippen molar-refractivity contribution in [1.82, 2.24) is 5.32 Å². The van der Waals surface area contributed by atoms with Crippen molar-refractivity contribution >= 4 is 29.3 Å². The van der Waals surface area contributed by atoms with Gasteiger partial charge in [0.1, 0.15) is 0 Å². The summed E-state index contributed by atoms with van der Waals surface area (Å²) in [5.41, 5.74) is 1.77. The number of thioether (sulfide) groups is 1. The molecular weight excluding hydrogens is 384 g/mol. The van der Waals surface area contributed by atoms with Crippen molar-refractivity contribution in [2.75, 3.05) is 12.9 Å². The molecule has 1 amide bonds. The fourth-order valence-electron chi connectivity index (χ4n) is 2.16. The largest absolute Gasteiger partial charge is 0.493 e. The van der Waals surface area contributed by atoms with E-state index in [2.05, 4.69) is 10.1 Å². The van der Waals surface area contributed by atoms with Crippen molar-refractivity contribution < 1.29 is 23.0 Å². The lowest BCUT2D eigenvalue weighted by Crippen LogP contribution is -2.24. The molecule has 0 aromatic heterocycles. The standard InChI is InChI=1S/C18H18ClF2NO3S/c1-24-16-8-13(5-6-15(16)25-18(20)21)10-26-11-17(23)22-9-12-3-2-4-14(19)7-12/h2-8,18H,9-11H2,1H3,(H,22,23). The van der Waals surface area contributed by atoms with Crippen molar-refractivity contribution in [1.29, 1.82) is 0 Å². The van der Waals surface area contributed by atoms with Gasteiger partial charge in [0.2, 0.25) is 5.91 Å². The van der Waals surface area contributed by atoms with Crippen LogP contribution in [0.3, 0.4) is 0 Å². The Bertz CT molecular complexity index is 746. The summed E-state index contributed by atoms with van der Waals surface area (Å²) in [6.45, 7) is -2.50. The number of ether oxygens (including phenoxy) is 2. The summed E-state index contributed by atoms with van der Waals surface area (Å²) in [4.78, 5) is 11.9. The van der Waals surface area contributed by atoms with Gasteiger partial charge in [-0.1, -0.05) is 29.8 Å². The average Bonchev–Trinajstić information content (AvgIpc) is 2.61. The monoisotopic (exact) mass is 401 g/mol. The molecule has 0 aliphatic rings. The Kier molecular flexibility index (Phi) is 8.00. The quantitative estimate of drug-likeness (QED) is 0.672. The molecule has 26 heavy (non-hydrogen) atoms. The van der Waals surface area contributed by atoms with E-state index in [-0.39, 0.29) is 23.2 Å². The van der Waals surface area contributed by atoms with Crippen LogP contribution in [0.5, 0.6) is 11.5 Å². The number of alkyl halides is 2. The minimum absolute atomic E-state index is 0.0180. The Balaban J connectivity index is 1.78. The predicted octanol–water partition coefficient (Wildman–Crippen LogP) is 4.50. The zero-order valence-corrected chi connectivity index (χ0v) is 15.6. The SMILES string of the molecule is COc1cc(CSCC(=O)NCc2cccc(Cl)c2)ccc1OC(F)F. The molecule has 4 nitrogen and oxygen atoms in total. The van der Waals surface area contributed by atoms with E-state index in [0.717, 1.165) is 11.1 Å². The Morgan fingerprint density at radius 2 is 2.00 bits per heavy atom. The number of amides is 1. The lowest BCUT2D eigenvalue weighted by molar-refractivity contribution is -0.118. The van der Waals surface area contributed by atoms with Crippen molar-refractivity contribution in [3.63, 3.8) is 0 Å². The minimum atomic E-state index is -2.91. The van der Waals surface area contributed by atoms with Gasteiger partial charge in [0.25, 0.3) is 0 Å². The number of benzene rings is 2. The van der Waals surface area contributed by atoms with Crippen LogP contribution < -0.4 is 14.8 Å². The Morgan fingerprint density at radius 1 is 1.19 bits per heavy atom. The van der Waals surface area contributed by atoms with Crippen molar-refractivity contribution in [2.24, 2.45) is 0 Å². The topological polar surface area (TPSA) is 47.6 Å². The molecule has 0 atom stereocenters. The molecule has 0 saturated heterocycles. The van der Waals surface area contributed by atoms with Gasteiger partial charge in [0.15, 0.2) is 11.5 Å². The molecule has 0 spiro atoms. The lowest BCUT2D eigenvalue weighted by atomic mass is 10.2. The highest BCUT2D eigenvalue weighted by molar-refractivity contribution is 7.99. The summed E-state index contributed by atoms with van der Waals surface area (Å²) in [5, 5.41) is 3.44. The van der Waals surface area contributed by atoms with Gasteiger partial charge < -0.3 is 14.8 Å². The van der Waals surface area contributed by atoms with E-state index in [1.54, 1.807) is 24.3 Å². The highest BCUT2D eigenvalue weighted by Crippen LogP contribution is 2.30. The predicted molar refractivity (Wildman–Crippen MR) is 99.1 cm³/mol. The van der Waals surface area contributed by atoms with Crippen LogP contribution in [0.4, 0.5) is 8.78 Å². The van der Waals surface area contributed by atoms with Gasteiger partial charge >= 0.3 is 6.61 Å². The lowest BCUT2D eigenvalue weighted by Gasteiger charge is -2.11. The Hall–Kier alpha value is -1.99. The van der Waals surface area contributed by atoms with Gasteiger partial charge in [-0.25, -0.2) is 0 Å². The fraction of sp³-hybridized carbons (Fsp3) is 0.278. The summed E-state index contributed by atoms with van der Waals surface area (Å²) < 4.78 is 34.1. The van der Waals surface area contributed by atoms with E-state index in [0.29, 0.717) is 17.3 Å². The van der Waals surface area contributed by atoms with Gasteiger partial charge in [-0.3, -0.25) is 4.79 Å². The zero-order valence-electron chi connectivity index (χ0n) is 14.0. The number of methoxy groups -OCH3 is 1. The van der Waals surface area contributed by atoms with Crippen molar-refractivity contribution in [3.8, 4) is 11.5 Å². The molecule has 0 unspecified atom stereocenters. The van der Waals surface area contributed by atoms with E-state index < -0.39 is 6.61 Å². The zero-order chi connectivity index (χ0) is 18.9. The Morgan fingerprint density at radius 3 is 2.69 bits per heavy atom. The first-order chi connectivity index (χ1) is 12.5. The second-order valence-electron chi connectivity index (χ2n) is 5.26.